The fourth-order valence-electron chi connectivity index (χ4n) is 3.88. The molecule has 0 radical (unpaired) electrons. The summed E-state index contributed by atoms with van der Waals surface area (Å²) in [7, 11) is 0. The first-order valence-electron chi connectivity index (χ1n) is 9.37. The molecule has 0 N–H and O–H groups in total. The Morgan fingerprint density at radius 3 is 2.30 bits per heavy atom. The van der Waals surface area contributed by atoms with Crippen LogP contribution in [0.2, 0.25) is 0 Å². The summed E-state index contributed by atoms with van der Waals surface area (Å²) in [5.74, 6) is 0. The van der Waals surface area contributed by atoms with E-state index in [4.69, 9.17) is 0 Å². The van der Waals surface area contributed by atoms with Crippen LogP contribution in [0.3, 0.4) is 0 Å². The first kappa shape index (κ1) is 17.5. The molecule has 0 spiro atoms. The summed E-state index contributed by atoms with van der Waals surface area (Å²) in [6, 6.07) is 19.4. The topological polar surface area (TPSA) is 51.3 Å². The normalized spacial score (nSPS) is 14.6. The van der Waals surface area contributed by atoms with Gasteiger partial charge in [0, 0.05) is 30.1 Å². The third-order valence-corrected chi connectivity index (χ3v) is 5.33. The summed E-state index contributed by atoms with van der Waals surface area (Å²) in [5, 5.41) is 11.0. The van der Waals surface area contributed by atoms with Gasteiger partial charge in [0.1, 0.15) is 0 Å². The van der Waals surface area contributed by atoms with E-state index in [1.165, 1.54) is 24.1 Å². The third-order valence-electron chi connectivity index (χ3n) is 5.33. The van der Waals surface area contributed by atoms with Gasteiger partial charge in [-0.25, -0.2) is 0 Å². The first-order chi connectivity index (χ1) is 13.1. The van der Waals surface area contributed by atoms with Crippen molar-refractivity contribution in [2.75, 3.05) is 13.1 Å². The number of nitro groups is 1. The molecule has 0 saturated carbocycles. The van der Waals surface area contributed by atoms with E-state index in [2.05, 4.69) is 34.6 Å². The molecule has 0 bridgehead atoms. The fraction of sp³-hybridized carbons (Fsp3) is 0.273. The van der Waals surface area contributed by atoms with E-state index in [1.54, 1.807) is 12.1 Å². The van der Waals surface area contributed by atoms with Gasteiger partial charge < -0.3 is 4.57 Å². The summed E-state index contributed by atoms with van der Waals surface area (Å²) in [6.07, 6.45) is 2.54. The maximum Gasteiger partial charge on any atom is 0.269 e. The molecule has 3 aromatic rings. The van der Waals surface area contributed by atoms with Gasteiger partial charge in [-0.2, -0.15) is 0 Å². The smallest absolute Gasteiger partial charge is 0.269 e. The molecule has 2 heterocycles. The van der Waals surface area contributed by atoms with Crippen molar-refractivity contribution < 1.29 is 4.92 Å². The highest BCUT2D eigenvalue weighted by molar-refractivity contribution is 5.66. The second-order valence-corrected chi connectivity index (χ2v) is 7.10. The molecule has 0 atom stereocenters. The summed E-state index contributed by atoms with van der Waals surface area (Å²) in [6.45, 7) is 5.40. The Morgan fingerprint density at radius 2 is 1.67 bits per heavy atom. The monoisotopic (exact) mass is 361 g/mol. The van der Waals surface area contributed by atoms with Gasteiger partial charge in [-0.1, -0.05) is 30.3 Å². The van der Waals surface area contributed by atoms with Crippen molar-refractivity contribution in [3.8, 4) is 16.9 Å². The second kappa shape index (κ2) is 7.37. The van der Waals surface area contributed by atoms with E-state index in [0.29, 0.717) is 0 Å². The molecule has 27 heavy (non-hydrogen) atoms. The maximum atomic E-state index is 11.0. The zero-order valence-corrected chi connectivity index (χ0v) is 15.5. The molecule has 0 aliphatic carbocycles. The zero-order valence-electron chi connectivity index (χ0n) is 15.5. The number of hydrogen-bond donors (Lipinski definition) is 0. The molecule has 0 unspecified atom stereocenters. The molecule has 1 saturated heterocycles. The van der Waals surface area contributed by atoms with Gasteiger partial charge in [0.05, 0.1) is 10.6 Å². The van der Waals surface area contributed by atoms with Gasteiger partial charge in [0.2, 0.25) is 0 Å². The highest BCUT2D eigenvalue weighted by atomic mass is 16.6. The molecule has 0 amide bonds. The van der Waals surface area contributed by atoms with E-state index in [1.807, 2.05) is 30.3 Å². The highest BCUT2D eigenvalue weighted by Crippen LogP contribution is 2.31. The Kier molecular flexibility index (Phi) is 4.77. The Hall–Kier alpha value is -2.92. The molecule has 5 heteroatoms. The Labute approximate surface area is 159 Å². The van der Waals surface area contributed by atoms with Crippen LogP contribution in [0.4, 0.5) is 5.69 Å². The number of hydrogen-bond acceptors (Lipinski definition) is 3. The number of aromatic nitrogens is 1. The Balaban J connectivity index is 1.80. The molecule has 1 aromatic heterocycles. The van der Waals surface area contributed by atoms with Crippen LogP contribution in [-0.4, -0.2) is 27.5 Å². The number of benzene rings is 2. The average Bonchev–Trinajstić information content (AvgIpc) is 3.31. The summed E-state index contributed by atoms with van der Waals surface area (Å²) in [4.78, 5) is 13.1. The van der Waals surface area contributed by atoms with Crippen molar-refractivity contribution in [1.82, 2.24) is 9.47 Å². The number of non-ortho nitro benzene ring substituents is 1. The second-order valence-electron chi connectivity index (χ2n) is 7.10. The lowest BCUT2D eigenvalue weighted by Gasteiger charge is -2.15. The van der Waals surface area contributed by atoms with Crippen LogP contribution in [0.15, 0.2) is 60.7 Å². The molecule has 138 valence electrons. The third kappa shape index (κ3) is 3.51. The van der Waals surface area contributed by atoms with Crippen molar-refractivity contribution in [3.63, 3.8) is 0 Å². The van der Waals surface area contributed by atoms with E-state index >= 15 is 0 Å². The van der Waals surface area contributed by atoms with Gasteiger partial charge in [-0.05, 0) is 62.2 Å². The van der Waals surface area contributed by atoms with Crippen LogP contribution in [-0.2, 0) is 6.54 Å². The van der Waals surface area contributed by atoms with E-state index in [9.17, 15) is 10.1 Å². The van der Waals surface area contributed by atoms with Crippen LogP contribution >= 0.6 is 0 Å². The molecule has 4 rings (SSSR count). The van der Waals surface area contributed by atoms with Crippen molar-refractivity contribution in [1.29, 1.82) is 0 Å². The van der Waals surface area contributed by atoms with Crippen molar-refractivity contribution in [2.45, 2.75) is 26.3 Å². The van der Waals surface area contributed by atoms with Crippen LogP contribution < -0.4 is 0 Å². The summed E-state index contributed by atoms with van der Waals surface area (Å²) < 4.78 is 2.21. The van der Waals surface area contributed by atoms with Gasteiger partial charge >= 0.3 is 0 Å². The largest absolute Gasteiger partial charge is 0.314 e. The van der Waals surface area contributed by atoms with Crippen molar-refractivity contribution in [2.24, 2.45) is 0 Å². The Bertz CT molecular complexity index is 940. The van der Waals surface area contributed by atoms with Gasteiger partial charge in [0.15, 0.2) is 0 Å². The average molecular weight is 361 g/mol. The van der Waals surface area contributed by atoms with Crippen molar-refractivity contribution in [3.05, 3.63) is 82.0 Å². The molecule has 1 fully saturated rings. The molecular formula is C22H23N3O2. The minimum atomic E-state index is -0.358. The minimum Gasteiger partial charge on any atom is -0.314 e. The maximum absolute atomic E-state index is 11.0. The van der Waals surface area contributed by atoms with Crippen LogP contribution in [0, 0.1) is 17.0 Å². The van der Waals surface area contributed by atoms with Gasteiger partial charge in [-0.3, -0.25) is 15.0 Å². The summed E-state index contributed by atoms with van der Waals surface area (Å²) >= 11 is 0. The predicted octanol–water partition coefficient (Wildman–Crippen LogP) is 4.96. The molecular weight excluding hydrogens is 338 g/mol. The lowest BCUT2D eigenvalue weighted by atomic mass is 10.1. The SMILES string of the molecule is Cc1c(CN2CCCC2)cc(-c2ccccc2)n1-c1ccc([N+](=O)[O-])cc1. The number of nitro benzene ring substituents is 1. The van der Waals surface area contributed by atoms with Gasteiger partial charge in [-0.15, -0.1) is 0 Å². The molecule has 5 nitrogen and oxygen atoms in total. The van der Waals surface area contributed by atoms with Crippen LogP contribution in [0.1, 0.15) is 24.1 Å². The van der Waals surface area contributed by atoms with Crippen LogP contribution in [0.5, 0.6) is 0 Å². The molecule has 1 aliphatic rings. The Morgan fingerprint density at radius 1 is 1.00 bits per heavy atom. The quantitative estimate of drug-likeness (QED) is 0.477. The fourth-order valence-corrected chi connectivity index (χ4v) is 3.88. The number of nitrogens with zero attached hydrogens (tertiary/aromatic N) is 3. The highest BCUT2D eigenvalue weighted by Gasteiger charge is 2.19. The zero-order chi connectivity index (χ0) is 18.8. The van der Waals surface area contributed by atoms with E-state index in [-0.39, 0.29) is 10.6 Å². The van der Waals surface area contributed by atoms with Crippen LogP contribution in [0.25, 0.3) is 16.9 Å². The molecule has 2 aromatic carbocycles. The minimum absolute atomic E-state index is 0.113. The molecule has 1 aliphatic heterocycles. The number of rotatable bonds is 5. The predicted molar refractivity (Wildman–Crippen MR) is 107 cm³/mol. The van der Waals surface area contributed by atoms with Gasteiger partial charge in [0.25, 0.3) is 5.69 Å². The van der Waals surface area contributed by atoms with Crippen molar-refractivity contribution >= 4 is 5.69 Å². The van der Waals surface area contributed by atoms with E-state index < -0.39 is 0 Å². The lowest BCUT2D eigenvalue weighted by Crippen LogP contribution is -2.18. The number of likely N-dealkylation sites (tertiary alicyclic amines) is 1. The summed E-state index contributed by atoms with van der Waals surface area (Å²) in [5.41, 5.74) is 5.83. The lowest BCUT2D eigenvalue weighted by molar-refractivity contribution is -0.384. The standard InChI is InChI=1S/C22H23N3O2/c1-17-19(16-23-13-5-6-14-23)15-22(18-7-3-2-4-8-18)24(17)20-9-11-21(12-10-20)25(26)27/h2-4,7-12,15H,5-6,13-14,16H2,1H3. The van der Waals surface area contributed by atoms with E-state index in [0.717, 1.165) is 36.6 Å². The first-order valence-corrected chi connectivity index (χ1v) is 9.37.